The van der Waals surface area contributed by atoms with Crippen LogP contribution in [0, 0.1) is 0 Å². The quantitative estimate of drug-likeness (QED) is 0.0815. The van der Waals surface area contributed by atoms with Gasteiger partial charge in [0.05, 0.1) is 71.6 Å². The van der Waals surface area contributed by atoms with E-state index in [2.05, 4.69) is 0 Å². The summed E-state index contributed by atoms with van der Waals surface area (Å²) in [5.74, 6) is -1.12. The van der Waals surface area contributed by atoms with Crippen LogP contribution >= 0.6 is 39.1 Å². The molecule has 12 rings (SSSR count). The molecule has 0 saturated heterocycles. The van der Waals surface area contributed by atoms with Crippen LogP contribution in [0.5, 0.6) is 0 Å². The number of fused-ring (bicyclic) bond motifs is 5. The van der Waals surface area contributed by atoms with Gasteiger partial charge in [-0.3, -0.25) is 67.9 Å². The van der Waals surface area contributed by atoms with Gasteiger partial charge in [0, 0.05) is 0 Å². The van der Waals surface area contributed by atoms with Gasteiger partial charge in [0.15, 0.2) is 6.10 Å². The molecule has 1 fully saturated rings. The predicted molar refractivity (Wildman–Crippen MR) is 278 cm³/mol. The molecule has 0 amide bonds. The molecular weight excluding hydrogens is 1140 g/mol. The standard InChI is InChI=1S/C53H51O22P5/c54-53(36-14-2-1-3-15-36)70-47-48(71-76(55)60-26-37-16-4-5-17-38(37)27-61-76)50(73-78(57)64-30-41-20-8-9-21-42(41)31-65-78)52(75-80(59)68-34-45-24-12-13-25-46(45)35-69-80)51(74-79(58)66-32-43-22-10-11-23-44(43)33-67-79)49(47)72-77(56)62-28-39-18-6-7-19-40(39)29-63-77/h1-25,47-52H,26-35H2/t47?,48-,49+,50+,51-,52?. The lowest BCUT2D eigenvalue weighted by Gasteiger charge is -2.49. The summed E-state index contributed by atoms with van der Waals surface area (Å²) in [4.78, 5) is 14.8. The molecule has 420 valence electrons. The van der Waals surface area contributed by atoms with E-state index in [1.165, 1.54) is 12.1 Å². The minimum absolute atomic E-state index is 0.0716. The number of phosphoric ester groups is 5. The zero-order valence-electron chi connectivity index (χ0n) is 42.2. The maximum atomic E-state index is 15.5. The Morgan fingerprint density at radius 2 is 0.450 bits per heavy atom. The van der Waals surface area contributed by atoms with Gasteiger partial charge in [0.2, 0.25) is 0 Å². The van der Waals surface area contributed by atoms with Gasteiger partial charge in [0.1, 0.15) is 30.5 Å². The molecule has 22 nitrogen and oxygen atoms in total. The Labute approximate surface area is 459 Å². The van der Waals surface area contributed by atoms with Crippen LogP contribution in [-0.2, 0) is 161 Å². The number of hydrogen-bond donors (Lipinski definition) is 0. The van der Waals surface area contributed by atoms with Crippen molar-refractivity contribution in [3.05, 3.63) is 213 Å². The molecule has 27 heteroatoms. The number of rotatable bonds is 12. The van der Waals surface area contributed by atoms with Crippen LogP contribution in [0.4, 0.5) is 0 Å². The third-order valence-electron chi connectivity index (χ3n) is 13.8. The van der Waals surface area contributed by atoms with Crippen LogP contribution in [0.3, 0.4) is 0 Å². The van der Waals surface area contributed by atoms with Crippen molar-refractivity contribution in [2.24, 2.45) is 0 Å². The van der Waals surface area contributed by atoms with Crippen molar-refractivity contribution in [3.63, 3.8) is 0 Å². The normalized spacial score (nSPS) is 26.3. The van der Waals surface area contributed by atoms with Crippen LogP contribution in [0.2, 0.25) is 0 Å². The fourth-order valence-corrected chi connectivity index (χ4v) is 16.2. The number of carbonyl (C=O) groups excluding carboxylic acids is 1. The fraction of sp³-hybridized carbons (Fsp3) is 0.302. The third kappa shape index (κ3) is 12.5. The highest BCUT2D eigenvalue weighted by Crippen LogP contribution is 2.66. The summed E-state index contributed by atoms with van der Waals surface area (Å²) in [5.41, 5.74) is 5.56. The maximum absolute atomic E-state index is 15.5. The minimum atomic E-state index is -5.09. The second-order valence-electron chi connectivity index (χ2n) is 18.9. The Hall–Kier alpha value is -4.66. The number of ether oxygens (including phenoxy) is 1. The highest BCUT2D eigenvalue weighted by Gasteiger charge is 2.65. The topological polar surface area (TPSA) is 250 Å². The molecule has 0 radical (unpaired) electrons. The molecule has 2 unspecified atom stereocenters. The smallest absolute Gasteiger partial charge is 0.453 e. The van der Waals surface area contributed by atoms with Crippen LogP contribution in [0.15, 0.2) is 152 Å². The second kappa shape index (κ2) is 23.5. The van der Waals surface area contributed by atoms with E-state index in [1.54, 1.807) is 140 Å². The molecule has 6 atom stereocenters. The largest absolute Gasteiger partial charge is 0.475 e. The Balaban J connectivity index is 1.04. The average molecular weight is 1190 g/mol. The molecule has 1 aliphatic carbocycles. The fourth-order valence-electron chi connectivity index (χ4n) is 9.54. The highest BCUT2D eigenvalue weighted by molar-refractivity contribution is 7.49. The van der Waals surface area contributed by atoms with Crippen LogP contribution in [-0.4, -0.2) is 42.6 Å². The Morgan fingerprint density at radius 1 is 0.275 bits per heavy atom. The van der Waals surface area contributed by atoms with Crippen molar-refractivity contribution in [2.45, 2.75) is 103 Å². The lowest BCUT2D eigenvalue weighted by molar-refractivity contribution is -0.211. The lowest BCUT2D eigenvalue weighted by Crippen LogP contribution is -2.67. The third-order valence-corrected chi connectivity index (χ3v) is 20.8. The number of hydrogen-bond acceptors (Lipinski definition) is 22. The van der Waals surface area contributed by atoms with E-state index in [-0.39, 0.29) is 71.6 Å². The van der Waals surface area contributed by atoms with E-state index in [4.69, 9.17) is 72.6 Å². The summed E-state index contributed by atoms with van der Waals surface area (Å²) in [5, 5.41) is 0. The zero-order valence-corrected chi connectivity index (χ0v) is 46.7. The van der Waals surface area contributed by atoms with E-state index in [1.807, 2.05) is 0 Å². The zero-order chi connectivity index (χ0) is 55.0. The van der Waals surface area contributed by atoms with Gasteiger partial charge in [-0.05, 0) is 67.8 Å². The molecule has 6 aromatic carbocycles. The monoisotopic (exact) mass is 1190 g/mol. The summed E-state index contributed by atoms with van der Waals surface area (Å²) in [6.07, 6.45) is -13.8. The van der Waals surface area contributed by atoms with Crippen molar-refractivity contribution >= 4 is 45.1 Å². The lowest BCUT2D eigenvalue weighted by atomic mass is 9.85. The van der Waals surface area contributed by atoms with Crippen molar-refractivity contribution in [1.29, 1.82) is 0 Å². The van der Waals surface area contributed by atoms with Gasteiger partial charge in [0.25, 0.3) is 0 Å². The Kier molecular flexibility index (Phi) is 16.4. The molecule has 0 bridgehead atoms. The van der Waals surface area contributed by atoms with Crippen molar-refractivity contribution in [2.75, 3.05) is 0 Å². The molecule has 80 heavy (non-hydrogen) atoms. The van der Waals surface area contributed by atoms with E-state index in [0.717, 1.165) is 0 Å². The average Bonchev–Trinajstić information content (AvgIpc) is 4.05. The summed E-state index contributed by atoms with van der Waals surface area (Å²) < 4.78 is 177. The van der Waals surface area contributed by atoms with Gasteiger partial charge >= 0.3 is 45.1 Å². The number of esters is 1. The summed E-state index contributed by atoms with van der Waals surface area (Å²) >= 11 is 0. The number of phosphoric acid groups is 5. The van der Waals surface area contributed by atoms with Gasteiger partial charge in [-0.1, -0.05) is 140 Å². The van der Waals surface area contributed by atoms with Crippen molar-refractivity contribution < 1.29 is 100 Å². The van der Waals surface area contributed by atoms with E-state index in [9.17, 15) is 4.79 Å². The SMILES string of the molecule is O=C(OC1[C@@H](OP2(=O)OCc3ccccc3CO2)[C@H](OP2(=O)OCc3ccccc3CO2)C(OP2(=O)OCc3ccccc3CO2)[C@H](OP2(=O)OCc3ccccc3CO2)[C@H]1OP1(=O)OCc2ccccc2CO1)c1ccccc1. The second-order valence-corrected chi connectivity index (χ2v) is 27.0. The Bertz CT molecular complexity index is 3190. The summed E-state index contributed by atoms with van der Waals surface area (Å²) in [6.45, 7) is -3.61. The first-order chi connectivity index (χ1) is 38.7. The molecule has 0 aromatic heterocycles. The molecule has 6 aliphatic rings. The Morgan fingerprint density at radius 3 is 0.650 bits per heavy atom. The maximum Gasteiger partial charge on any atom is 0.475 e. The molecule has 0 N–H and O–H groups in total. The first-order valence-electron chi connectivity index (χ1n) is 25.2. The highest BCUT2D eigenvalue weighted by atomic mass is 31.2. The molecular formula is C53H51O22P5. The first-order valence-corrected chi connectivity index (χ1v) is 32.5. The van der Waals surface area contributed by atoms with Crippen molar-refractivity contribution in [3.8, 4) is 0 Å². The summed E-state index contributed by atoms with van der Waals surface area (Å²) in [7, 11) is -25.4. The van der Waals surface area contributed by atoms with Crippen molar-refractivity contribution in [1.82, 2.24) is 0 Å². The predicted octanol–water partition coefficient (Wildman–Crippen LogP) is 12.4. The van der Waals surface area contributed by atoms with E-state index < -0.39 is 81.7 Å². The molecule has 1 saturated carbocycles. The van der Waals surface area contributed by atoms with Crippen LogP contribution in [0.1, 0.15) is 66.0 Å². The van der Waals surface area contributed by atoms with Gasteiger partial charge < -0.3 is 4.74 Å². The number of carbonyl (C=O) groups is 1. The summed E-state index contributed by atoms with van der Waals surface area (Å²) in [6, 6.07) is 42.0. The molecule has 5 heterocycles. The van der Waals surface area contributed by atoms with Crippen LogP contribution in [0.25, 0.3) is 0 Å². The number of benzene rings is 6. The van der Waals surface area contributed by atoms with E-state index >= 15 is 22.8 Å². The van der Waals surface area contributed by atoms with E-state index in [0.29, 0.717) is 55.6 Å². The van der Waals surface area contributed by atoms with Crippen LogP contribution < -0.4 is 0 Å². The first kappa shape index (κ1) is 55.9. The molecule has 5 aliphatic heterocycles. The van der Waals surface area contributed by atoms with Gasteiger partial charge in [-0.25, -0.2) is 27.6 Å². The molecule has 0 spiro atoms. The molecule has 6 aromatic rings. The minimum Gasteiger partial charge on any atom is -0.453 e. The van der Waals surface area contributed by atoms with Gasteiger partial charge in [-0.2, -0.15) is 0 Å². The van der Waals surface area contributed by atoms with Gasteiger partial charge in [-0.15, -0.1) is 0 Å².